The highest BCUT2D eigenvalue weighted by molar-refractivity contribution is 5.30. The predicted octanol–water partition coefficient (Wildman–Crippen LogP) is 2.77. The molecule has 0 aliphatic carbocycles. The van der Waals surface area contributed by atoms with Gasteiger partial charge in [-0.2, -0.15) is 9.97 Å². The van der Waals surface area contributed by atoms with Gasteiger partial charge in [0.2, 0.25) is 5.95 Å². The van der Waals surface area contributed by atoms with Crippen molar-refractivity contribution in [2.75, 3.05) is 12.4 Å². The van der Waals surface area contributed by atoms with Gasteiger partial charge < -0.3 is 14.8 Å². The molecule has 0 spiro atoms. The summed E-state index contributed by atoms with van der Waals surface area (Å²) in [4.78, 5) is 11.8. The first kappa shape index (κ1) is 14.9. The Morgan fingerprint density at radius 3 is 2.19 bits per heavy atom. The van der Waals surface area contributed by atoms with Crippen LogP contribution in [0, 0.1) is 11.6 Å². The van der Waals surface area contributed by atoms with Crippen molar-refractivity contribution < 1.29 is 18.3 Å². The number of hydrogen-bond acceptors (Lipinski definition) is 6. The number of nitrogens with zero attached hydrogens (tertiary/aromatic N) is 3. The molecule has 0 aliphatic heterocycles. The Morgan fingerprint density at radius 2 is 1.62 bits per heavy atom. The number of nitrogens with one attached hydrogen (secondary N) is 1. The van der Waals surface area contributed by atoms with E-state index < -0.39 is 11.6 Å². The molecular weight excluding hydrogens is 282 g/mol. The minimum atomic E-state index is -0.758. The van der Waals surface area contributed by atoms with Gasteiger partial charge >= 0.3 is 12.0 Å². The lowest BCUT2D eigenvalue weighted by atomic mass is 10.3. The monoisotopic (exact) mass is 296 g/mol. The normalized spacial score (nSPS) is 10.6. The lowest BCUT2D eigenvalue weighted by Gasteiger charge is -2.10. The minimum absolute atomic E-state index is 0.0521. The van der Waals surface area contributed by atoms with E-state index in [2.05, 4.69) is 20.3 Å². The summed E-state index contributed by atoms with van der Waals surface area (Å²) in [5.74, 6) is -1.36. The molecule has 1 aromatic heterocycles. The lowest BCUT2D eigenvalue weighted by molar-refractivity contribution is 0.218. The number of ether oxygens (including phenoxy) is 2. The van der Waals surface area contributed by atoms with Crippen LogP contribution in [-0.2, 0) is 0 Å². The van der Waals surface area contributed by atoms with Gasteiger partial charge in [0, 0.05) is 25.2 Å². The van der Waals surface area contributed by atoms with Gasteiger partial charge in [0.1, 0.15) is 17.4 Å². The molecule has 1 N–H and O–H groups in total. The van der Waals surface area contributed by atoms with Crippen LogP contribution in [0.25, 0.3) is 0 Å². The molecule has 0 atom stereocenters. The SMILES string of the molecule is CNc1nc(Oc2cc(F)cc(F)c2)nc(OC(C)C)n1. The van der Waals surface area contributed by atoms with Gasteiger partial charge in [0.05, 0.1) is 6.10 Å². The molecule has 0 unspecified atom stereocenters. The largest absolute Gasteiger partial charge is 0.461 e. The van der Waals surface area contributed by atoms with Gasteiger partial charge in [-0.3, -0.25) is 0 Å². The number of hydrogen-bond donors (Lipinski definition) is 1. The third-order valence-corrected chi connectivity index (χ3v) is 2.20. The summed E-state index contributed by atoms with van der Waals surface area (Å²) >= 11 is 0. The van der Waals surface area contributed by atoms with Gasteiger partial charge in [-0.05, 0) is 13.8 Å². The quantitative estimate of drug-likeness (QED) is 0.915. The van der Waals surface area contributed by atoms with Crippen molar-refractivity contribution in [3.8, 4) is 17.8 Å². The number of aromatic nitrogens is 3. The summed E-state index contributed by atoms with van der Waals surface area (Å²) in [5.41, 5.74) is 0. The van der Waals surface area contributed by atoms with Crippen molar-refractivity contribution in [1.82, 2.24) is 15.0 Å². The second kappa shape index (κ2) is 6.29. The molecule has 8 heteroatoms. The second-order valence-electron chi connectivity index (χ2n) is 4.35. The maximum atomic E-state index is 13.1. The summed E-state index contributed by atoms with van der Waals surface area (Å²) in [5, 5.41) is 2.72. The predicted molar refractivity (Wildman–Crippen MR) is 71.6 cm³/mol. The highest BCUT2D eigenvalue weighted by Crippen LogP contribution is 2.22. The molecule has 2 rings (SSSR count). The molecule has 21 heavy (non-hydrogen) atoms. The van der Waals surface area contributed by atoms with Crippen molar-refractivity contribution in [3.05, 3.63) is 29.8 Å². The number of rotatable bonds is 5. The van der Waals surface area contributed by atoms with Gasteiger partial charge in [0.15, 0.2) is 0 Å². The molecule has 1 heterocycles. The second-order valence-corrected chi connectivity index (χ2v) is 4.35. The van der Waals surface area contributed by atoms with Gasteiger partial charge in [-0.15, -0.1) is 4.98 Å². The van der Waals surface area contributed by atoms with Crippen LogP contribution in [0.2, 0.25) is 0 Å². The number of anilines is 1. The molecule has 0 fully saturated rings. The average Bonchev–Trinajstić information content (AvgIpc) is 2.36. The Hall–Kier alpha value is -2.51. The fourth-order valence-corrected chi connectivity index (χ4v) is 1.45. The van der Waals surface area contributed by atoms with Crippen molar-refractivity contribution in [2.24, 2.45) is 0 Å². The van der Waals surface area contributed by atoms with E-state index in [0.717, 1.165) is 18.2 Å². The van der Waals surface area contributed by atoms with Crippen molar-refractivity contribution in [2.45, 2.75) is 20.0 Å². The number of halogens is 2. The summed E-state index contributed by atoms with van der Waals surface area (Å²) in [6.45, 7) is 3.62. The Bertz CT molecular complexity index is 617. The first-order chi connectivity index (χ1) is 9.96. The topological polar surface area (TPSA) is 69.2 Å². The first-order valence-corrected chi connectivity index (χ1v) is 6.20. The lowest BCUT2D eigenvalue weighted by Crippen LogP contribution is -2.11. The smallest absolute Gasteiger partial charge is 0.330 e. The van der Waals surface area contributed by atoms with Crippen LogP contribution in [-0.4, -0.2) is 28.1 Å². The molecule has 2 aromatic rings. The number of benzene rings is 1. The van der Waals surface area contributed by atoms with Crippen molar-refractivity contribution >= 4 is 5.95 Å². The summed E-state index contributed by atoms with van der Waals surface area (Å²) < 4.78 is 36.8. The zero-order chi connectivity index (χ0) is 15.4. The van der Waals surface area contributed by atoms with Gasteiger partial charge in [0.25, 0.3) is 0 Å². The fourth-order valence-electron chi connectivity index (χ4n) is 1.45. The zero-order valence-corrected chi connectivity index (χ0v) is 11.7. The van der Waals surface area contributed by atoms with E-state index >= 15 is 0 Å². The van der Waals surface area contributed by atoms with Crippen LogP contribution < -0.4 is 14.8 Å². The summed E-state index contributed by atoms with van der Waals surface area (Å²) in [6.07, 6.45) is -0.142. The third kappa shape index (κ3) is 4.23. The summed E-state index contributed by atoms with van der Waals surface area (Å²) in [7, 11) is 1.61. The van der Waals surface area contributed by atoms with E-state index in [-0.39, 0.29) is 29.8 Å². The minimum Gasteiger partial charge on any atom is -0.461 e. The average molecular weight is 296 g/mol. The zero-order valence-electron chi connectivity index (χ0n) is 11.7. The van der Waals surface area contributed by atoms with Crippen LogP contribution in [0.3, 0.4) is 0 Å². The Morgan fingerprint density at radius 1 is 1.00 bits per heavy atom. The van der Waals surface area contributed by atoms with Gasteiger partial charge in [-0.1, -0.05) is 0 Å². The van der Waals surface area contributed by atoms with E-state index in [9.17, 15) is 8.78 Å². The maximum absolute atomic E-state index is 13.1. The fraction of sp³-hybridized carbons (Fsp3) is 0.308. The molecule has 6 nitrogen and oxygen atoms in total. The highest BCUT2D eigenvalue weighted by Gasteiger charge is 2.11. The van der Waals surface area contributed by atoms with Crippen molar-refractivity contribution in [1.29, 1.82) is 0 Å². The van der Waals surface area contributed by atoms with Crippen LogP contribution in [0.15, 0.2) is 18.2 Å². The molecule has 0 amide bonds. The molecule has 0 radical (unpaired) electrons. The van der Waals surface area contributed by atoms with E-state index in [4.69, 9.17) is 9.47 Å². The Labute approximate surface area is 120 Å². The molecular formula is C13H14F2N4O2. The van der Waals surface area contributed by atoms with E-state index in [1.54, 1.807) is 7.05 Å². The first-order valence-electron chi connectivity index (χ1n) is 6.20. The Balaban J connectivity index is 2.29. The molecule has 0 aliphatic rings. The standard InChI is InChI=1S/C13H14F2N4O2/c1-7(2)20-12-17-11(16-3)18-13(19-12)21-10-5-8(14)4-9(15)6-10/h4-7H,1-3H3,(H,16,17,18,19). The Kier molecular flexibility index (Phi) is 4.46. The molecule has 0 saturated carbocycles. The van der Waals surface area contributed by atoms with Crippen LogP contribution in [0.5, 0.6) is 17.8 Å². The van der Waals surface area contributed by atoms with E-state index in [0.29, 0.717) is 0 Å². The van der Waals surface area contributed by atoms with E-state index in [1.807, 2.05) is 13.8 Å². The van der Waals surface area contributed by atoms with Crippen LogP contribution in [0.1, 0.15) is 13.8 Å². The van der Waals surface area contributed by atoms with Crippen LogP contribution >= 0.6 is 0 Å². The third-order valence-electron chi connectivity index (χ3n) is 2.20. The molecule has 0 bridgehead atoms. The maximum Gasteiger partial charge on any atom is 0.330 e. The molecule has 112 valence electrons. The van der Waals surface area contributed by atoms with E-state index in [1.165, 1.54) is 0 Å². The summed E-state index contributed by atoms with van der Waals surface area (Å²) in [6, 6.07) is 2.71. The van der Waals surface area contributed by atoms with Gasteiger partial charge in [-0.25, -0.2) is 8.78 Å². The van der Waals surface area contributed by atoms with Crippen molar-refractivity contribution in [3.63, 3.8) is 0 Å². The molecule has 0 saturated heterocycles. The highest BCUT2D eigenvalue weighted by atomic mass is 19.1. The molecule has 1 aromatic carbocycles. The van der Waals surface area contributed by atoms with Crippen LogP contribution in [0.4, 0.5) is 14.7 Å².